The molecule has 2 aromatic heterocycles. The van der Waals surface area contributed by atoms with Gasteiger partial charge in [-0.15, -0.1) is 10.2 Å². The van der Waals surface area contributed by atoms with E-state index in [1.807, 2.05) is 47.9 Å². The Morgan fingerprint density at radius 3 is 2.73 bits per heavy atom. The SMILES string of the molecule is Cc1ccc(F)c(NC(=O)CSc2nnc(-c3ccco3)n2Cc2ccccc2)c1. The average molecular weight is 422 g/mol. The molecule has 0 saturated heterocycles. The molecule has 6 nitrogen and oxygen atoms in total. The number of hydrogen-bond acceptors (Lipinski definition) is 5. The summed E-state index contributed by atoms with van der Waals surface area (Å²) < 4.78 is 21.3. The Morgan fingerprint density at radius 1 is 1.13 bits per heavy atom. The molecule has 2 aromatic carbocycles. The number of aromatic nitrogens is 3. The summed E-state index contributed by atoms with van der Waals surface area (Å²) in [6.07, 6.45) is 1.58. The number of aryl methyl sites for hydroxylation is 1. The molecule has 8 heteroatoms. The second kappa shape index (κ2) is 8.96. The van der Waals surface area contributed by atoms with Gasteiger partial charge in [0, 0.05) is 0 Å². The minimum absolute atomic E-state index is 0.0679. The first-order chi connectivity index (χ1) is 14.6. The molecule has 0 atom stereocenters. The van der Waals surface area contributed by atoms with Crippen molar-refractivity contribution < 1.29 is 13.6 Å². The van der Waals surface area contributed by atoms with Crippen LogP contribution >= 0.6 is 11.8 Å². The fourth-order valence-electron chi connectivity index (χ4n) is 2.94. The molecular formula is C22H19FN4O2S. The van der Waals surface area contributed by atoms with Crippen molar-refractivity contribution in [3.05, 3.63) is 83.9 Å². The highest BCUT2D eigenvalue weighted by molar-refractivity contribution is 7.99. The van der Waals surface area contributed by atoms with Gasteiger partial charge in [-0.3, -0.25) is 9.36 Å². The highest BCUT2D eigenvalue weighted by Gasteiger charge is 2.18. The first-order valence-electron chi connectivity index (χ1n) is 9.30. The molecule has 4 aromatic rings. The fourth-order valence-corrected chi connectivity index (χ4v) is 3.68. The normalized spacial score (nSPS) is 10.9. The Bertz CT molecular complexity index is 1140. The van der Waals surface area contributed by atoms with Crippen molar-refractivity contribution in [2.45, 2.75) is 18.6 Å². The van der Waals surface area contributed by atoms with Crippen molar-refractivity contribution in [2.75, 3.05) is 11.1 Å². The van der Waals surface area contributed by atoms with Gasteiger partial charge in [0.1, 0.15) is 5.82 Å². The van der Waals surface area contributed by atoms with Crippen LogP contribution in [0.4, 0.5) is 10.1 Å². The number of nitrogens with zero attached hydrogens (tertiary/aromatic N) is 3. The summed E-state index contributed by atoms with van der Waals surface area (Å²) >= 11 is 1.24. The van der Waals surface area contributed by atoms with Crippen LogP contribution in [0.15, 0.2) is 76.5 Å². The molecule has 4 rings (SSSR count). The van der Waals surface area contributed by atoms with Crippen molar-refractivity contribution in [3.8, 4) is 11.6 Å². The van der Waals surface area contributed by atoms with Crippen molar-refractivity contribution in [1.82, 2.24) is 14.8 Å². The summed E-state index contributed by atoms with van der Waals surface area (Å²) in [6, 6.07) is 18.1. The van der Waals surface area contributed by atoms with Gasteiger partial charge >= 0.3 is 0 Å². The van der Waals surface area contributed by atoms with Crippen LogP contribution in [-0.2, 0) is 11.3 Å². The maximum absolute atomic E-state index is 13.9. The highest BCUT2D eigenvalue weighted by atomic mass is 32.2. The summed E-state index contributed by atoms with van der Waals surface area (Å²) in [7, 11) is 0. The van der Waals surface area contributed by atoms with Crippen molar-refractivity contribution in [2.24, 2.45) is 0 Å². The minimum Gasteiger partial charge on any atom is -0.461 e. The Morgan fingerprint density at radius 2 is 1.97 bits per heavy atom. The van der Waals surface area contributed by atoms with E-state index in [4.69, 9.17) is 4.42 Å². The van der Waals surface area contributed by atoms with E-state index in [2.05, 4.69) is 15.5 Å². The zero-order valence-electron chi connectivity index (χ0n) is 16.2. The molecule has 0 radical (unpaired) electrons. The van der Waals surface area contributed by atoms with Crippen LogP contribution in [0.3, 0.4) is 0 Å². The smallest absolute Gasteiger partial charge is 0.234 e. The van der Waals surface area contributed by atoms with Crippen LogP contribution in [0.1, 0.15) is 11.1 Å². The van der Waals surface area contributed by atoms with Crippen molar-refractivity contribution in [3.63, 3.8) is 0 Å². The molecule has 1 N–H and O–H groups in total. The predicted octanol–water partition coefficient (Wildman–Crippen LogP) is 4.76. The fraction of sp³-hybridized carbons (Fsp3) is 0.136. The van der Waals surface area contributed by atoms with Crippen LogP contribution in [0.2, 0.25) is 0 Å². The van der Waals surface area contributed by atoms with Gasteiger partial charge in [0.2, 0.25) is 11.7 Å². The number of amides is 1. The van der Waals surface area contributed by atoms with Crippen LogP contribution < -0.4 is 5.32 Å². The van der Waals surface area contributed by atoms with Gasteiger partial charge in [0.25, 0.3) is 0 Å². The first kappa shape index (κ1) is 19.9. The van der Waals surface area contributed by atoms with E-state index in [1.165, 1.54) is 17.8 Å². The largest absolute Gasteiger partial charge is 0.461 e. The van der Waals surface area contributed by atoms with Crippen LogP contribution in [0.25, 0.3) is 11.6 Å². The number of thioether (sulfide) groups is 1. The van der Waals surface area contributed by atoms with E-state index in [0.717, 1.165) is 11.1 Å². The van der Waals surface area contributed by atoms with E-state index < -0.39 is 5.82 Å². The highest BCUT2D eigenvalue weighted by Crippen LogP contribution is 2.26. The van der Waals surface area contributed by atoms with E-state index in [0.29, 0.717) is 23.3 Å². The Hall–Kier alpha value is -3.39. The lowest BCUT2D eigenvalue weighted by molar-refractivity contribution is -0.113. The summed E-state index contributed by atoms with van der Waals surface area (Å²) in [5.41, 5.74) is 2.10. The summed E-state index contributed by atoms with van der Waals surface area (Å²) in [6.45, 7) is 2.37. The first-order valence-corrected chi connectivity index (χ1v) is 10.3. The number of benzene rings is 2. The van der Waals surface area contributed by atoms with E-state index in [1.54, 1.807) is 24.5 Å². The number of nitrogens with one attached hydrogen (secondary N) is 1. The molecule has 0 spiro atoms. The number of anilines is 1. The molecule has 0 saturated carbocycles. The molecule has 1 amide bonds. The molecule has 0 aliphatic heterocycles. The van der Waals surface area contributed by atoms with E-state index in [9.17, 15) is 9.18 Å². The van der Waals surface area contributed by atoms with Crippen LogP contribution in [0.5, 0.6) is 0 Å². The number of hydrogen-bond donors (Lipinski definition) is 1. The van der Waals surface area contributed by atoms with Gasteiger partial charge in [-0.2, -0.15) is 0 Å². The predicted molar refractivity (Wildman–Crippen MR) is 114 cm³/mol. The molecule has 30 heavy (non-hydrogen) atoms. The molecule has 0 aliphatic carbocycles. The maximum Gasteiger partial charge on any atom is 0.234 e. The number of furan rings is 1. The monoisotopic (exact) mass is 422 g/mol. The lowest BCUT2D eigenvalue weighted by Gasteiger charge is -2.10. The number of rotatable bonds is 7. The van der Waals surface area contributed by atoms with Gasteiger partial charge in [0.15, 0.2) is 10.9 Å². The summed E-state index contributed by atoms with van der Waals surface area (Å²) in [4.78, 5) is 12.4. The van der Waals surface area contributed by atoms with Gasteiger partial charge in [-0.1, -0.05) is 48.2 Å². The molecule has 0 bridgehead atoms. The zero-order chi connectivity index (χ0) is 20.9. The average Bonchev–Trinajstić information content (AvgIpc) is 3.40. The van der Waals surface area contributed by atoms with Gasteiger partial charge in [-0.05, 0) is 42.3 Å². The number of carbonyl (C=O) groups is 1. The zero-order valence-corrected chi connectivity index (χ0v) is 17.0. The third-order valence-corrected chi connectivity index (χ3v) is 5.34. The van der Waals surface area contributed by atoms with Crippen molar-refractivity contribution >= 4 is 23.4 Å². The second-order valence-electron chi connectivity index (χ2n) is 6.68. The minimum atomic E-state index is -0.466. The van der Waals surface area contributed by atoms with E-state index in [-0.39, 0.29) is 17.3 Å². The molecule has 0 aliphatic rings. The number of carbonyl (C=O) groups excluding carboxylic acids is 1. The number of halogens is 1. The lowest BCUT2D eigenvalue weighted by atomic mass is 10.2. The van der Waals surface area contributed by atoms with Crippen LogP contribution in [0, 0.1) is 12.7 Å². The molecule has 152 valence electrons. The van der Waals surface area contributed by atoms with E-state index >= 15 is 0 Å². The summed E-state index contributed by atoms with van der Waals surface area (Å²) in [5, 5.41) is 11.7. The summed E-state index contributed by atoms with van der Waals surface area (Å²) in [5.74, 6) is 0.455. The maximum atomic E-state index is 13.9. The Labute approximate surface area is 177 Å². The van der Waals surface area contributed by atoms with Gasteiger partial charge < -0.3 is 9.73 Å². The third-order valence-electron chi connectivity index (χ3n) is 4.37. The molecule has 0 unspecified atom stereocenters. The van der Waals surface area contributed by atoms with Crippen LogP contribution in [-0.4, -0.2) is 26.4 Å². The molecule has 2 heterocycles. The standard InChI is InChI=1S/C22H19FN4O2S/c1-15-9-10-17(23)18(12-15)24-20(28)14-30-22-26-25-21(19-8-5-11-29-19)27(22)13-16-6-3-2-4-7-16/h2-12H,13-14H2,1H3,(H,24,28). The lowest BCUT2D eigenvalue weighted by Crippen LogP contribution is -2.16. The topological polar surface area (TPSA) is 73.0 Å². The third kappa shape index (κ3) is 4.60. The quantitative estimate of drug-likeness (QED) is 0.435. The van der Waals surface area contributed by atoms with Gasteiger partial charge in [-0.25, -0.2) is 4.39 Å². The Kier molecular flexibility index (Phi) is 5.94. The molecular weight excluding hydrogens is 403 g/mol. The molecule has 0 fully saturated rings. The second-order valence-corrected chi connectivity index (χ2v) is 7.62. The van der Waals surface area contributed by atoms with Crippen molar-refractivity contribution in [1.29, 1.82) is 0 Å². The Balaban J connectivity index is 1.52. The van der Waals surface area contributed by atoms with Gasteiger partial charge in [0.05, 0.1) is 24.2 Å².